The zero-order valence-electron chi connectivity index (χ0n) is 12.9. The van der Waals surface area contributed by atoms with Crippen LogP contribution in [-0.2, 0) is 12.8 Å². The minimum atomic E-state index is -0.556. The van der Waals surface area contributed by atoms with Crippen molar-refractivity contribution in [2.75, 3.05) is 0 Å². The van der Waals surface area contributed by atoms with Crippen molar-refractivity contribution >= 4 is 5.91 Å². The molecule has 0 aliphatic rings. The number of hydrogen-bond donors (Lipinski definition) is 1. The maximum Gasteiger partial charge on any atom is 0.250 e. The van der Waals surface area contributed by atoms with Gasteiger partial charge in [-0.3, -0.25) is 9.78 Å². The molecule has 120 valence electrons. The molecule has 0 bridgehead atoms. The Morgan fingerprint density at radius 2 is 1.92 bits per heavy atom. The molecule has 0 saturated carbocycles. The standard InChI is InChI=1S/C18H16N4O2/c19-18(23)14-10-15(12-20-11-14)24-17-8-9-21-16(22-17)7-6-13-4-2-1-3-5-13/h1-5,8-12H,6-7H2,(H2,19,23). The lowest BCUT2D eigenvalue weighted by Gasteiger charge is -2.06. The summed E-state index contributed by atoms with van der Waals surface area (Å²) >= 11 is 0. The van der Waals surface area contributed by atoms with Gasteiger partial charge in [0, 0.05) is 24.9 Å². The van der Waals surface area contributed by atoms with Crippen LogP contribution in [0, 0.1) is 0 Å². The van der Waals surface area contributed by atoms with Crippen LogP contribution in [0.3, 0.4) is 0 Å². The summed E-state index contributed by atoms with van der Waals surface area (Å²) in [5.74, 6) is 0.935. The molecule has 3 rings (SSSR count). The molecule has 1 amide bonds. The minimum Gasteiger partial charge on any atom is -0.437 e. The molecule has 24 heavy (non-hydrogen) atoms. The third-order valence-corrected chi connectivity index (χ3v) is 3.38. The number of nitrogens with two attached hydrogens (primary N) is 1. The Hall–Kier alpha value is -3.28. The van der Waals surface area contributed by atoms with Crippen molar-refractivity contribution in [1.29, 1.82) is 0 Å². The Bertz CT molecular complexity index is 837. The summed E-state index contributed by atoms with van der Waals surface area (Å²) in [6.45, 7) is 0. The molecule has 0 saturated heterocycles. The first-order chi connectivity index (χ1) is 11.7. The average molecular weight is 320 g/mol. The van der Waals surface area contributed by atoms with Crippen molar-refractivity contribution in [3.05, 3.63) is 78.0 Å². The molecule has 0 spiro atoms. The van der Waals surface area contributed by atoms with Gasteiger partial charge in [0.2, 0.25) is 11.8 Å². The normalized spacial score (nSPS) is 10.3. The Morgan fingerprint density at radius 3 is 2.71 bits per heavy atom. The second-order valence-electron chi connectivity index (χ2n) is 5.17. The number of rotatable bonds is 6. The van der Waals surface area contributed by atoms with E-state index in [0.717, 1.165) is 6.42 Å². The number of pyridine rings is 1. The SMILES string of the molecule is NC(=O)c1cncc(Oc2ccnc(CCc3ccccc3)n2)c1. The number of aromatic nitrogens is 3. The van der Waals surface area contributed by atoms with E-state index in [4.69, 9.17) is 10.5 Å². The lowest BCUT2D eigenvalue weighted by molar-refractivity contribution is 0.0999. The van der Waals surface area contributed by atoms with E-state index in [1.54, 1.807) is 12.3 Å². The van der Waals surface area contributed by atoms with E-state index in [1.165, 1.54) is 24.0 Å². The van der Waals surface area contributed by atoms with E-state index < -0.39 is 5.91 Å². The molecule has 0 aliphatic heterocycles. The van der Waals surface area contributed by atoms with Crippen LogP contribution < -0.4 is 10.5 Å². The molecule has 1 aromatic carbocycles. The molecule has 0 fully saturated rings. The van der Waals surface area contributed by atoms with Crippen molar-refractivity contribution in [2.24, 2.45) is 5.73 Å². The first kappa shape index (κ1) is 15.6. The van der Waals surface area contributed by atoms with Crippen LogP contribution in [0.4, 0.5) is 0 Å². The quantitative estimate of drug-likeness (QED) is 0.753. The lowest BCUT2D eigenvalue weighted by atomic mass is 10.1. The molecule has 2 heterocycles. The highest BCUT2D eigenvalue weighted by Gasteiger charge is 2.06. The van der Waals surface area contributed by atoms with Gasteiger partial charge in [0.05, 0.1) is 11.8 Å². The van der Waals surface area contributed by atoms with Crippen LogP contribution >= 0.6 is 0 Å². The Balaban J connectivity index is 1.69. The van der Waals surface area contributed by atoms with Gasteiger partial charge in [-0.2, -0.15) is 4.98 Å². The number of carbonyl (C=O) groups is 1. The highest BCUT2D eigenvalue weighted by atomic mass is 16.5. The number of amides is 1. The molecule has 2 N–H and O–H groups in total. The predicted octanol–water partition coefficient (Wildman–Crippen LogP) is 2.55. The second-order valence-corrected chi connectivity index (χ2v) is 5.17. The monoisotopic (exact) mass is 320 g/mol. The minimum absolute atomic E-state index is 0.283. The van der Waals surface area contributed by atoms with E-state index in [1.807, 2.05) is 18.2 Å². The average Bonchev–Trinajstić information content (AvgIpc) is 2.61. The molecule has 0 aliphatic carbocycles. The van der Waals surface area contributed by atoms with Gasteiger partial charge in [-0.15, -0.1) is 0 Å². The lowest BCUT2D eigenvalue weighted by Crippen LogP contribution is -2.11. The molecule has 0 radical (unpaired) electrons. The summed E-state index contributed by atoms with van der Waals surface area (Å²) < 4.78 is 5.64. The zero-order chi connectivity index (χ0) is 16.8. The van der Waals surface area contributed by atoms with Crippen LogP contribution in [0.2, 0.25) is 0 Å². The van der Waals surface area contributed by atoms with Crippen molar-refractivity contribution in [2.45, 2.75) is 12.8 Å². The van der Waals surface area contributed by atoms with E-state index in [0.29, 0.717) is 23.9 Å². The molecule has 3 aromatic rings. The molecule has 2 aromatic heterocycles. The van der Waals surface area contributed by atoms with Crippen molar-refractivity contribution < 1.29 is 9.53 Å². The van der Waals surface area contributed by atoms with Crippen molar-refractivity contribution in [3.63, 3.8) is 0 Å². The zero-order valence-corrected chi connectivity index (χ0v) is 12.9. The van der Waals surface area contributed by atoms with Crippen LogP contribution in [0.15, 0.2) is 61.1 Å². The third-order valence-electron chi connectivity index (χ3n) is 3.38. The Morgan fingerprint density at radius 1 is 1.08 bits per heavy atom. The summed E-state index contributed by atoms with van der Waals surface area (Å²) in [4.78, 5) is 23.8. The van der Waals surface area contributed by atoms with Crippen LogP contribution in [0.1, 0.15) is 21.7 Å². The first-order valence-electron chi connectivity index (χ1n) is 7.49. The Kier molecular flexibility index (Phi) is 4.76. The molecular formula is C18H16N4O2. The second kappa shape index (κ2) is 7.32. The van der Waals surface area contributed by atoms with Gasteiger partial charge < -0.3 is 10.5 Å². The maximum atomic E-state index is 11.2. The topological polar surface area (TPSA) is 91.0 Å². The summed E-state index contributed by atoms with van der Waals surface area (Å²) in [7, 11) is 0. The number of primary amides is 1. The van der Waals surface area contributed by atoms with Gasteiger partial charge in [-0.25, -0.2) is 4.98 Å². The number of ether oxygens (including phenoxy) is 1. The van der Waals surface area contributed by atoms with Gasteiger partial charge in [-0.1, -0.05) is 30.3 Å². The highest BCUT2D eigenvalue weighted by molar-refractivity contribution is 5.92. The number of nitrogens with zero attached hydrogens (tertiary/aromatic N) is 3. The number of hydrogen-bond acceptors (Lipinski definition) is 5. The van der Waals surface area contributed by atoms with Crippen LogP contribution in [0.25, 0.3) is 0 Å². The third kappa shape index (κ3) is 4.13. The summed E-state index contributed by atoms with van der Waals surface area (Å²) in [5.41, 5.74) is 6.75. The largest absolute Gasteiger partial charge is 0.437 e. The van der Waals surface area contributed by atoms with Gasteiger partial charge in [0.25, 0.3) is 0 Å². The van der Waals surface area contributed by atoms with Gasteiger partial charge in [-0.05, 0) is 18.1 Å². The fraction of sp³-hybridized carbons (Fsp3) is 0.111. The van der Waals surface area contributed by atoms with E-state index in [9.17, 15) is 4.79 Å². The highest BCUT2D eigenvalue weighted by Crippen LogP contribution is 2.19. The smallest absolute Gasteiger partial charge is 0.250 e. The number of aryl methyl sites for hydroxylation is 2. The molecular weight excluding hydrogens is 304 g/mol. The molecule has 6 heteroatoms. The van der Waals surface area contributed by atoms with Crippen LogP contribution in [-0.4, -0.2) is 20.9 Å². The van der Waals surface area contributed by atoms with Crippen molar-refractivity contribution in [1.82, 2.24) is 15.0 Å². The summed E-state index contributed by atoms with van der Waals surface area (Å²) in [6, 6.07) is 13.3. The Labute approximate surface area is 139 Å². The number of carbonyl (C=O) groups excluding carboxylic acids is 1. The van der Waals surface area contributed by atoms with E-state index in [2.05, 4.69) is 27.1 Å². The first-order valence-corrected chi connectivity index (χ1v) is 7.49. The molecule has 0 unspecified atom stereocenters. The summed E-state index contributed by atoms with van der Waals surface area (Å²) in [5, 5.41) is 0. The van der Waals surface area contributed by atoms with Gasteiger partial charge in [0.1, 0.15) is 11.6 Å². The molecule has 0 atom stereocenters. The predicted molar refractivity (Wildman–Crippen MR) is 88.7 cm³/mol. The summed E-state index contributed by atoms with van der Waals surface area (Å²) in [6.07, 6.45) is 6.09. The fourth-order valence-corrected chi connectivity index (χ4v) is 2.19. The maximum absolute atomic E-state index is 11.2. The van der Waals surface area contributed by atoms with Crippen LogP contribution in [0.5, 0.6) is 11.6 Å². The molecule has 6 nitrogen and oxygen atoms in total. The fourth-order valence-electron chi connectivity index (χ4n) is 2.19. The van der Waals surface area contributed by atoms with E-state index in [-0.39, 0.29) is 5.56 Å². The van der Waals surface area contributed by atoms with Crippen molar-refractivity contribution in [3.8, 4) is 11.6 Å². The van der Waals surface area contributed by atoms with Gasteiger partial charge in [0.15, 0.2) is 0 Å². The van der Waals surface area contributed by atoms with Gasteiger partial charge >= 0.3 is 0 Å². The number of benzene rings is 1. The van der Waals surface area contributed by atoms with E-state index >= 15 is 0 Å².